The third-order valence-corrected chi connectivity index (χ3v) is 7.85. The summed E-state index contributed by atoms with van der Waals surface area (Å²) < 4.78 is 2.57. The number of thiocarbonyl (C=S) groups is 2. The molecule has 0 aromatic heterocycles. The van der Waals surface area contributed by atoms with Crippen molar-refractivity contribution >= 4 is 112 Å². The molecule has 0 atom stereocenters. The van der Waals surface area contributed by atoms with Gasteiger partial charge < -0.3 is 0 Å². The number of rotatable bonds is 2. The van der Waals surface area contributed by atoms with Gasteiger partial charge in [-0.15, -0.1) is 0 Å². The standard InChI is InChI=1S/C18H8Br2N2O2S4/c19-9-1-5-11(6-2-9)21-15(23)13(27-17(21)25)14-16(24)22(18(26)28-14)12-7-3-10(20)4-8-12/h1-8H/b14-13+. The Morgan fingerprint density at radius 2 is 0.964 bits per heavy atom. The summed E-state index contributed by atoms with van der Waals surface area (Å²) in [4.78, 5) is 29.6. The molecule has 0 bridgehead atoms. The van der Waals surface area contributed by atoms with Gasteiger partial charge in [-0.3, -0.25) is 19.4 Å². The summed E-state index contributed by atoms with van der Waals surface area (Å²) in [6.07, 6.45) is 0. The third-order valence-electron chi connectivity index (χ3n) is 3.91. The Hall–Kier alpha value is -1.04. The third kappa shape index (κ3) is 3.61. The van der Waals surface area contributed by atoms with E-state index in [1.807, 2.05) is 24.3 Å². The van der Waals surface area contributed by atoms with Crippen LogP contribution in [0, 0.1) is 0 Å². The highest BCUT2D eigenvalue weighted by Crippen LogP contribution is 2.44. The van der Waals surface area contributed by atoms with E-state index in [2.05, 4.69) is 31.9 Å². The maximum atomic E-state index is 13.0. The number of amides is 2. The van der Waals surface area contributed by atoms with Crippen molar-refractivity contribution in [3.8, 4) is 0 Å². The summed E-state index contributed by atoms with van der Waals surface area (Å²) in [6.45, 7) is 0. The zero-order valence-corrected chi connectivity index (χ0v) is 20.2. The van der Waals surface area contributed by atoms with Crippen molar-refractivity contribution in [1.82, 2.24) is 0 Å². The maximum absolute atomic E-state index is 13.0. The molecule has 10 heteroatoms. The molecule has 0 radical (unpaired) electrons. The van der Waals surface area contributed by atoms with Gasteiger partial charge in [-0.2, -0.15) is 0 Å². The Kier molecular flexibility index (Phi) is 5.78. The zero-order valence-electron chi connectivity index (χ0n) is 13.7. The van der Waals surface area contributed by atoms with E-state index in [0.717, 1.165) is 32.5 Å². The van der Waals surface area contributed by atoms with Crippen molar-refractivity contribution in [1.29, 1.82) is 0 Å². The molecule has 0 spiro atoms. The maximum Gasteiger partial charge on any atom is 0.272 e. The largest absolute Gasteiger partial charge is 0.272 e. The predicted octanol–water partition coefficient (Wildman–Crippen LogP) is 5.85. The molecule has 2 aliphatic heterocycles. The second-order valence-corrected chi connectivity index (χ2v) is 10.7. The number of nitrogens with zero attached hydrogens (tertiary/aromatic N) is 2. The number of benzene rings is 2. The number of thioether (sulfide) groups is 2. The van der Waals surface area contributed by atoms with E-state index in [4.69, 9.17) is 24.4 Å². The molecule has 2 heterocycles. The number of hydrogen-bond donors (Lipinski definition) is 0. The van der Waals surface area contributed by atoms with Crippen molar-refractivity contribution in [3.63, 3.8) is 0 Å². The Bertz CT molecular complexity index is 982. The lowest BCUT2D eigenvalue weighted by Gasteiger charge is -2.15. The second-order valence-electron chi connectivity index (χ2n) is 5.63. The van der Waals surface area contributed by atoms with Crippen LogP contribution < -0.4 is 9.80 Å². The van der Waals surface area contributed by atoms with E-state index in [-0.39, 0.29) is 11.8 Å². The van der Waals surface area contributed by atoms with Crippen LogP contribution in [0.2, 0.25) is 0 Å². The molecule has 0 aliphatic carbocycles. The summed E-state index contributed by atoms with van der Waals surface area (Å²) in [6, 6.07) is 14.5. The molecular weight excluding hydrogens is 564 g/mol. The molecule has 2 saturated heterocycles. The molecule has 2 aromatic carbocycles. The van der Waals surface area contributed by atoms with Gasteiger partial charge in [0, 0.05) is 8.95 Å². The van der Waals surface area contributed by atoms with Gasteiger partial charge in [-0.25, -0.2) is 0 Å². The first-order valence-electron chi connectivity index (χ1n) is 7.75. The van der Waals surface area contributed by atoms with Crippen molar-refractivity contribution in [2.24, 2.45) is 0 Å². The fourth-order valence-electron chi connectivity index (χ4n) is 2.63. The molecule has 140 valence electrons. The van der Waals surface area contributed by atoms with Gasteiger partial charge in [-0.1, -0.05) is 79.8 Å². The summed E-state index contributed by atoms with van der Waals surface area (Å²) in [5.74, 6) is -0.623. The Balaban J connectivity index is 1.69. The Labute approximate surface area is 197 Å². The van der Waals surface area contributed by atoms with Crippen LogP contribution in [0.1, 0.15) is 0 Å². The van der Waals surface area contributed by atoms with E-state index in [1.165, 1.54) is 9.80 Å². The first kappa shape index (κ1) is 20.2. The molecule has 2 aliphatic rings. The average Bonchev–Trinajstić information content (AvgIpc) is 3.12. The van der Waals surface area contributed by atoms with Crippen molar-refractivity contribution in [2.75, 3.05) is 9.80 Å². The molecule has 4 rings (SSSR count). The van der Waals surface area contributed by atoms with Crippen LogP contribution in [0.15, 0.2) is 67.3 Å². The molecule has 0 N–H and O–H groups in total. The first-order valence-corrected chi connectivity index (χ1v) is 11.8. The minimum atomic E-state index is -0.311. The van der Waals surface area contributed by atoms with Crippen LogP contribution in [-0.4, -0.2) is 20.5 Å². The highest BCUT2D eigenvalue weighted by atomic mass is 79.9. The monoisotopic (exact) mass is 570 g/mol. The summed E-state index contributed by atoms with van der Waals surface area (Å²) in [5, 5.41) is 0. The molecule has 2 aromatic rings. The van der Waals surface area contributed by atoms with Crippen LogP contribution in [0.25, 0.3) is 0 Å². The van der Waals surface area contributed by atoms with Crippen LogP contribution in [-0.2, 0) is 9.59 Å². The Morgan fingerprint density at radius 3 is 1.29 bits per heavy atom. The molecular formula is C18H8Br2N2O2S4. The van der Waals surface area contributed by atoms with E-state index >= 15 is 0 Å². The Morgan fingerprint density at radius 1 is 0.643 bits per heavy atom. The average molecular weight is 572 g/mol. The number of hydrogen-bond acceptors (Lipinski definition) is 6. The van der Waals surface area contributed by atoms with Gasteiger partial charge >= 0.3 is 0 Å². The lowest BCUT2D eigenvalue weighted by atomic mass is 10.2. The van der Waals surface area contributed by atoms with Crippen molar-refractivity contribution in [2.45, 2.75) is 0 Å². The fourth-order valence-corrected chi connectivity index (χ4v) is 5.92. The van der Waals surface area contributed by atoms with Gasteiger partial charge in [0.05, 0.1) is 21.2 Å². The van der Waals surface area contributed by atoms with Crippen LogP contribution in [0.4, 0.5) is 11.4 Å². The van der Waals surface area contributed by atoms with Gasteiger partial charge in [0.1, 0.15) is 0 Å². The number of carbonyl (C=O) groups is 2. The molecule has 28 heavy (non-hydrogen) atoms. The molecule has 2 fully saturated rings. The molecule has 0 saturated carbocycles. The lowest BCUT2D eigenvalue weighted by Crippen LogP contribution is -2.29. The molecule has 2 amide bonds. The lowest BCUT2D eigenvalue weighted by molar-refractivity contribution is -0.115. The molecule has 0 unspecified atom stereocenters. The van der Waals surface area contributed by atoms with Crippen molar-refractivity contribution < 1.29 is 9.59 Å². The van der Waals surface area contributed by atoms with Gasteiger partial charge in [0.25, 0.3) is 11.8 Å². The number of anilines is 2. The highest BCUT2D eigenvalue weighted by Gasteiger charge is 2.43. The molecule has 4 nitrogen and oxygen atoms in total. The summed E-state index contributed by atoms with van der Waals surface area (Å²) in [5.41, 5.74) is 1.31. The summed E-state index contributed by atoms with van der Waals surface area (Å²) in [7, 11) is 0. The van der Waals surface area contributed by atoms with Crippen LogP contribution in [0.3, 0.4) is 0 Å². The topological polar surface area (TPSA) is 40.6 Å². The van der Waals surface area contributed by atoms with Crippen molar-refractivity contribution in [3.05, 3.63) is 67.3 Å². The number of halogens is 2. The van der Waals surface area contributed by atoms with Crippen LogP contribution in [0.5, 0.6) is 0 Å². The van der Waals surface area contributed by atoms with E-state index in [1.54, 1.807) is 24.3 Å². The summed E-state index contributed by atoms with van der Waals surface area (Å²) >= 11 is 19.8. The first-order chi connectivity index (χ1) is 13.4. The van der Waals surface area contributed by atoms with Crippen LogP contribution >= 0.6 is 79.8 Å². The number of carbonyl (C=O) groups excluding carboxylic acids is 2. The second kappa shape index (κ2) is 8.00. The van der Waals surface area contributed by atoms with E-state index < -0.39 is 0 Å². The highest BCUT2D eigenvalue weighted by molar-refractivity contribution is 9.10. The van der Waals surface area contributed by atoms with E-state index in [9.17, 15) is 9.59 Å². The minimum absolute atomic E-state index is 0.310. The van der Waals surface area contributed by atoms with Gasteiger partial charge in [0.15, 0.2) is 8.64 Å². The quantitative estimate of drug-likeness (QED) is 0.332. The zero-order chi connectivity index (χ0) is 20.0. The van der Waals surface area contributed by atoms with Gasteiger partial charge in [0.2, 0.25) is 0 Å². The fraction of sp³-hybridized carbons (Fsp3) is 0. The minimum Gasteiger partial charge on any atom is -0.268 e. The predicted molar refractivity (Wildman–Crippen MR) is 131 cm³/mol. The van der Waals surface area contributed by atoms with E-state index in [0.29, 0.717) is 29.8 Å². The smallest absolute Gasteiger partial charge is 0.268 e. The SMILES string of the molecule is O=C1/C(=C2\SC(=S)N(c3ccc(Br)cc3)C2=O)SC(=S)N1c1ccc(Br)cc1. The normalized spacial score (nSPS) is 19.9. The van der Waals surface area contributed by atoms with Gasteiger partial charge in [-0.05, 0) is 48.5 Å².